The Morgan fingerprint density at radius 1 is 1.17 bits per heavy atom. The second-order valence-corrected chi connectivity index (χ2v) is 14.9. The number of fused-ring (bicyclic) bond motifs is 2. The minimum atomic E-state index is -1.81. The van der Waals surface area contributed by atoms with Crippen LogP contribution in [-0.4, -0.2) is 64.6 Å². The number of benzene rings is 2. The van der Waals surface area contributed by atoms with E-state index in [1.807, 2.05) is 49.4 Å². The molecule has 2 saturated heterocycles. The number of halogens is 1. The van der Waals surface area contributed by atoms with Crippen LogP contribution < -0.4 is 4.74 Å². The molecule has 3 aliphatic carbocycles. The van der Waals surface area contributed by atoms with Gasteiger partial charge in [0.2, 0.25) is 0 Å². The molecule has 3 bridgehead atoms. The number of hydrogen-bond donors (Lipinski definition) is 2. The van der Waals surface area contributed by atoms with Crippen LogP contribution >= 0.6 is 22.6 Å². The smallest absolute Gasteiger partial charge is 0.310 e. The number of aromatic hydroxyl groups is 1. The maximum absolute atomic E-state index is 13.8. The Bertz CT molecular complexity index is 1730. The molecule has 47 heavy (non-hydrogen) atoms. The zero-order valence-corrected chi connectivity index (χ0v) is 29.0. The van der Waals surface area contributed by atoms with Crippen molar-refractivity contribution >= 4 is 34.3 Å². The van der Waals surface area contributed by atoms with Crippen molar-refractivity contribution < 1.29 is 43.5 Å². The molecule has 5 aliphatic rings. The van der Waals surface area contributed by atoms with E-state index >= 15 is 0 Å². The lowest BCUT2D eigenvalue weighted by Crippen LogP contribution is -2.70. The van der Waals surface area contributed by atoms with Gasteiger partial charge in [0.1, 0.15) is 23.9 Å². The standard InChI is InChI=1S/C37H39IO9/c1-20(2)35-16-22(4)37-26(33(35)45-36(46-35,47-37)18-23-9-7-6-8-10-23)12-24(17-34(42)30(37)11-21(3)32(34)41)19-44-31(40)14-25-13-29(43-5)28(39)15-27(25)38/h6-13,15,22,26,30,33,39,42H,1,14,16-19H2,2-5H3/t22-,26+,30-,33-,34-,35-,36?,37-/m1/s1. The van der Waals surface area contributed by atoms with Crippen LogP contribution in [0.2, 0.25) is 0 Å². The molecule has 2 aromatic rings. The highest BCUT2D eigenvalue weighted by Gasteiger charge is 2.79. The average molecular weight is 755 g/mol. The van der Waals surface area contributed by atoms with E-state index in [1.165, 1.54) is 13.2 Å². The number of ether oxygens (including phenoxy) is 5. The molecule has 248 valence electrons. The third-order valence-corrected chi connectivity index (χ3v) is 11.8. The molecule has 1 unspecified atom stereocenters. The monoisotopic (exact) mass is 754 g/mol. The van der Waals surface area contributed by atoms with Gasteiger partial charge in [-0.1, -0.05) is 56.0 Å². The van der Waals surface area contributed by atoms with Crippen molar-refractivity contribution in [3.8, 4) is 11.5 Å². The Morgan fingerprint density at radius 3 is 2.62 bits per heavy atom. The number of aliphatic hydroxyl groups is 1. The first-order chi connectivity index (χ1) is 22.3. The fraction of sp³-hybridized carbons (Fsp3) is 0.459. The van der Waals surface area contributed by atoms with Crippen molar-refractivity contribution in [3.05, 3.63) is 92.6 Å². The van der Waals surface area contributed by atoms with E-state index in [0.29, 0.717) is 33.1 Å². The van der Waals surface area contributed by atoms with Crippen molar-refractivity contribution in [1.82, 2.24) is 0 Å². The number of carbonyl (C=O) groups excluding carboxylic acids is 2. The van der Waals surface area contributed by atoms with Crippen molar-refractivity contribution in [2.24, 2.45) is 17.8 Å². The van der Waals surface area contributed by atoms with Crippen LogP contribution in [0.15, 0.2) is 77.9 Å². The van der Waals surface area contributed by atoms with E-state index in [9.17, 15) is 19.8 Å². The van der Waals surface area contributed by atoms with Gasteiger partial charge in [0.15, 0.2) is 17.3 Å². The van der Waals surface area contributed by atoms with Gasteiger partial charge in [0, 0.05) is 21.8 Å². The predicted molar refractivity (Wildman–Crippen MR) is 179 cm³/mol. The summed E-state index contributed by atoms with van der Waals surface area (Å²) in [5.74, 6) is -3.37. The quantitative estimate of drug-likeness (QED) is 0.209. The first-order valence-corrected chi connectivity index (χ1v) is 17.0. The Balaban J connectivity index is 1.27. The van der Waals surface area contributed by atoms with Gasteiger partial charge in [-0.15, -0.1) is 0 Å². The predicted octanol–water partition coefficient (Wildman–Crippen LogP) is 5.35. The summed E-state index contributed by atoms with van der Waals surface area (Å²) in [6, 6.07) is 13.0. The van der Waals surface area contributed by atoms with Crippen LogP contribution in [0.3, 0.4) is 0 Å². The summed E-state index contributed by atoms with van der Waals surface area (Å²) in [6.07, 6.45) is 4.13. The van der Waals surface area contributed by atoms with Crippen LogP contribution in [-0.2, 0) is 41.4 Å². The fourth-order valence-corrected chi connectivity index (χ4v) is 9.39. The number of ketones is 1. The normalized spacial score (nSPS) is 36.6. The SMILES string of the molecule is C=C(C)[C@]12C[C@@H](C)[C@@]34OC(Cc5ccccc5)(O[C@@H]1[C@@H]3C=C(COC(=O)Cc1cc(OC)c(O)cc1I)C[C@]1(O)C(=O)C(C)=C[C@@H]41)O2. The first kappa shape index (κ1) is 32.5. The Labute approximate surface area is 287 Å². The number of hydrogen-bond acceptors (Lipinski definition) is 9. The summed E-state index contributed by atoms with van der Waals surface area (Å²) in [5.41, 5.74) is -0.221. The lowest BCUT2D eigenvalue weighted by atomic mass is 9.55. The molecule has 9 nitrogen and oxygen atoms in total. The molecule has 0 radical (unpaired) electrons. The highest BCUT2D eigenvalue weighted by atomic mass is 127. The number of rotatable bonds is 8. The van der Waals surface area contributed by atoms with Gasteiger partial charge in [0.25, 0.3) is 5.97 Å². The van der Waals surface area contributed by atoms with E-state index in [1.54, 1.807) is 13.0 Å². The third kappa shape index (κ3) is 4.85. The van der Waals surface area contributed by atoms with Gasteiger partial charge in [-0.3, -0.25) is 9.59 Å². The zero-order valence-electron chi connectivity index (χ0n) is 26.9. The summed E-state index contributed by atoms with van der Waals surface area (Å²) in [4.78, 5) is 27.0. The maximum atomic E-state index is 13.8. The van der Waals surface area contributed by atoms with Crippen LogP contribution in [0.25, 0.3) is 0 Å². The number of Topliss-reactive ketones (excluding diaryl/α,β-unsaturated/α-hetero) is 1. The molecule has 3 fully saturated rings. The van der Waals surface area contributed by atoms with Crippen molar-refractivity contribution in [1.29, 1.82) is 0 Å². The minimum absolute atomic E-state index is 0.0175. The molecule has 2 aromatic carbocycles. The second kappa shape index (κ2) is 11.3. The van der Waals surface area contributed by atoms with E-state index < -0.39 is 46.7 Å². The van der Waals surface area contributed by atoms with Gasteiger partial charge < -0.3 is 33.9 Å². The number of methoxy groups -OCH3 is 1. The van der Waals surface area contributed by atoms with Gasteiger partial charge in [0.05, 0.1) is 25.6 Å². The molecule has 10 heteroatoms. The molecule has 8 atom stereocenters. The Hall–Kier alpha value is -3.03. The van der Waals surface area contributed by atoms with Crippen molar-refractivity contribution in [2.75, 3.05) is 13.7 Å². The molecule has 0 amide bonds. The minimum Gasteiger partial charge on any atom is -0.504 e. The molecule has 0 aromatic heterocycles. The summed E-state index contributed by atoms with van der Waals surface area (Å²) in [6.45, 7) is 9.99. The topological polar surface area (TPSA) is 121 Å². The summed E-state index contributed by atoms with van der Waals surface area (Å²) >= 11 is 2.05. The van der Waals surface area contributed by atoms with Gasteiger partial charge >= 0.3 is 5.97 Å². The summed E-state index contributed by atoms with van der Waals surface area (Å²) in [5, 5.41) is 22.5. The zero-order chi connectivity index (χ0) is 33.5. The van der Waals surface area contributed by atoms with Crippen LogP contribution in [0.1, 0.15) is 44.7 Å². The lowest BCUT2D eigenvalue weighted by molar-refractivity contribution is -0.421. The van der Waals surface area contributed by atoms with E-state index in [2.05, 4.69) is 36.1 Å². The summed E-state index contributed by atoms with van der Waals surface area (Å²) in [7, 11) is 1.44. The number of carbonyl (C=O) groups is 2. The highest BCUT2D eigenvalue weighted by molar-refractivity contribution is 14.1. The molecule has 7 rings (SSSR count). The first-order valence-electron chi connectivity index (χ1n) is 15.9. The van der Waals surface area contributed by atoms with E-state index in [4.69, 9.17) is 23.7 Å². The van der Waals surface area contributed by atoms with Crippen LogP contribution in [0.5, 0.6) is 11.5 Å². The Morgan fingerprint density at radius 2 is 1.91 bits per heavy atom. The molecular formula is C37H39IO9. The lowest BCUT2D eigenvalue weighted by Gasteiger charge is -2.59. The molecule has 1 saturated carbocycles. The van der Waals surface area contributed by atoms with Gasteiger partial charge in [-0.2, -0.15) is 0 Å². The van der Waals surface area contributed by atoms with Gasteiger partial charge in [-0.25, -0.2) is 0 Å². The van der Waals surface area contributed by atoms with Crippen molar-refractivity contribution in [3.63, 3.8) is 0 Å². The number of esters is 1. The number of phenolic OH excluding ortho intramolecular Hbond substituents is 1. The van der Waals surface area contributed by atoms with Gasteiger partial charge in [-0.05, 0) is 88.8 Å². The molecular weight excluding hydrogens is 715 g/mol. The highest BCUT2D eigenvalue weighted by Crippen LogP contribution is 2.68. The van der Waals surface area contributed by atoms with Crippen LogP contribution in [0, 0.1) is 21.3 Å². The average Bonchev–Trinajstić information content (AvgIpc) is 3.33. The second-order valence-electron chi connectivity index (χ2n) is 13.8. The Kier molecular flexibility index (Phi) is 7.79. The van der Waals surface area contributed by atoms with E-state index in [-0.39, 0.29) is 42.6 Å². The maximum Gasteiger partial charge on any atom is 0.310 e. The molecule has 0 spiro atoms. The molecule has 2 heterocycles. The van der Waals surface area contributed by atoms with Crippen LogP contribution in [0.4, 0.5) is 0 Å². The molecule has 2 N–H and O–H groups in total. The fourth-order valence-electron chi connectivity index (χ4n) is 8.75. The third-order valence-electron chi connectivity index (χ3n) is 10.8. The van der Waals surface area contributed by atoms with E-state index in [0.717, 1.165) is 11.1 Å². The largest absolute Gasteiger partial charge is 0.504 e. The number of phenols is 1. The summed E-state index contributed by atoms with van der Waals surface area (Å²) < 4.78 is 32.6. The van der Waals surface area contributed by atoms with Crippen molar-refractivity contribution in [2.45, 2.75) is 75.3 Å². The molecule has 2 aliphatic heterocycles.